The summed E-state index contributed by atoms with van der Waals surface area (Å²) in [5.41, 5.74) is 6.23. The van der Waals surface area contributed by atoms with Crippen molar-refractivity contribution in [2.24, 2.45) is 5.73 Å². The fourth-order valence-electron chi connectivity index (χ4n) is 2.84. The first kappa shape index (κ1) is 14.6. The van der Waals surface area contributed by atoms with Crippen LogP contribution in [0.3, 0.4) is 0 Å². The van der Waals surface area contributed by atoms with Crippen molar-refractivity contribution in [3.8, 4) is 0 Å². The minimum atomic E-state index is 0.114. The molecular weight excluding hydrogens is 236 g/mol. The predicted octanol–water partition coefficient (Wildman–Crippen LogP) is 3.54. The quantitative estimate of drug-likeness (QED) is 0.694. The van der Waals surface area contributed by atoms with Gasteiger partial charge in [-0.3, -0.25) is 4.90 Å². The first-order valence-electron chi connectivity index (χ1n) is 7.69. The van der Waals surface area contributed by atoms with E-state index in [1.54, 1.807) is 6.26 Å². The van der Waals surface area contributed by atoms with Crippen molar-refractivity contribution >= 4 is 0 Å². The van der Waals surface area contributed by atoms with E-state index in [4.69, 9.17) is 10.2 Å². The van der Waals surface area contributed by atoms with Gasteiger partial charge in [0.25, 0.3) is 0 Å². The molecule has 2 N–H and O–H groups in total. The maximum Gasteiger partial charge on any atom is 0.117 e. The Kier molecular flexibility index (Phi) is 5.06. The summed E-state index contributed by atoms with van der Waals surface area (Å²) in [6.45, 7) is 6.20. The first-order chi connectivity index (χ1) is 9.19. The fourth-order valence-corrected chi connectivity index (χ4v) is 2.84. The Morgan fingerprint density at radius 2 is 2.21 bits per heavy atom. The highest BCUT2D eigenvalue weighted by Crippen LogP contribution is 2.36. The van der Waals surface area contributed by atoms with E-state index in [1.165, 1.54) is 38.5 Å². The highest BCUT2D eigenvalue weighted by molar-refractivity contribution is 5.03. The molecule has 19 heavy (non-hydrogen) atoms. The molecule has 0 amide bonds. The number of nitrogens with two attached hydrogens (primary N) is 1. The molecule has 0 bridgehead atoms. The van der Waals surface area contributed by atoms with Crippen molar-refractivity contribution in [2.75, 3.05) is 6.54 Å². The molecule has 1 heterocycles. The topological polar surface area (TPSA) is 42.4 Å². The average molecular weight is 264 g/mol. The van der Waals surface area contributed by atoms with E-state index in [9.17, 15) is 0 Å². The monoisotopic (exact) mass is 264 g/mol. The maximum atomic E-state index is 6.11. The molecule has 1 saturated carbocycles. The van der Waals surface area contributed by atoms with Gasteiger partial charge in [0.05, 0.1) is 12.8 Å². The highest BCUT2D eigenvalue weighted by Gasteiger charge is 2.40. The number of furan rings is 1. The Morgan fingerprint density at radius 1 is 1.42 bits per heavy atom. The molecule has 1 fully saturated rings. The van der Waals surface area contributed by atoms with E-state index in [0.29, 0.717) is 6.04 Å². The number of rotatable bonds is 9. The van der Waals surface area contributed by atoms with Gasteiger partial charge in [-0.2, -0.15) is 0 Å². The van der Waals surface area contributed by atoms with Gasteiger partial charge in [-0.15, -0.1) is 0 Å². The van der Waals surface area contributed by atoms with E-state index in [2.05, 4.69) is 24.8 Å². The number of nitrogens with zero attached hydrogens (tertiary/aromatic N) is 1. The smallest absolute Gasteiger partial charge is 0.117 e. The predicted molar refractivity (Wildman–Crippen MR) is 78.9 cm³/mol. The van der Waals surface area contributed by atoms with E-state index in [-0.39, 0.29) is 5.54 Å². The van der Waals surface area contributed by atoms with Gasteiger partial charge in [-0.1, -0.05) is 26.2 Å². The molecule has 0 aliphatic heterocycles. The van der Waals surface area contributed by atoms with E-state index in [0.717, 1.165) is 18.8 Å². The van der Waals surface area contributed by atoms with Gasteiger partial charge in [-0.05, 0) is 38.3 Å². The van der Waals surface area contributed by atoms with Gasteiger partial charge < -0.3 is 10.2 Å². The Hall–Kier alpha value is -0.800. The summed E-state index contributed by atoms with van der Waals surface area (Å²) in [7, 11) is 0. The third kappa shape index (κ3) is 3.83. The van der Waals surface area contributed by atoms with Crippen LogP contribution in [0.15, 0.2) is 22.8 Å². The van der Waals surface area contributed by atoms with Crippen LogP contribution in [0.5, 0.6) is 0 Å². The lowest BCUT2D eigenvalue weighted by atomic mass is 9.91. The molecule has 0 spiro atoms. The van der Waals surface area contributed by atoms with E-state index in [1.807, 2.05) is 6.07 Å². The molecule has 1 aliphatic carbocycles. The van der Waals surface area contributed by atoms with Crippen molar-refractivity contribution in [1.82, 2.24) is 4.90 Å². The third-order valence-corrected chi connectivity index (χ3v) is 4.35. The lowest BCUT2D eigenvalue weighted by Crippen LogP contribution is -2.52. The molecule has 3 heteroatoms. The van der Waals surface area contributed by atoms with Gasteiger partial charge in [0.1, 0.15) is 5.76 Å². The Morgan fingerprint density at radius 3 is 2.74 bits per heavy atom. The molecule has 0 radical (unpaired) electrons. The molecule has 0 saturated heterocycles. The van der Waals surface area contributed by atoms with Crippen molar-refractivity contribution in [1.29, 1.82) is 0 Å². The van der Waals surface area contributed by atoms with Crippen LogP contribution in [-0.2, 0) is 6.54 Å². The van der Waals surface area contributed by atoms with Crippen LogP contribution in [0, 0.1) is 0 Å². The summed E-state index contributed by atoms with van der Waals surface area (Å²) < 4.78 is 5.52. The van der Waals surface area contributed by atoms with Crippen LogP contribution in [0.25, 0.3) is 0 Å². The van der Waals surface area contributed by atoms with E-state index >= 15 is 0 Å². The normalized spacial score (nSPS) is 18.7. The summed E-state index contributed by atoms with van der Waals surface area (Å²) in [6, 6.07) is 4.75. The van der Waals surface area contributed by atoms with Crippen molar-refractivity contribution in [2.45, 2.75) is 70.5 Å². The van der Waals surface area contributed by atoms with Gasteiger partial charge in [0, 0.05) is 18.1 Å². The second kappa shape index (κ2) is 6.58. The largest absolute Gasteiger partial charge is 0.468 e. The number of hydrogen-bond donors (Lipinski definition) is 1. The fraction of sp³-hybridized carbons (Fsp3) is 0.750. The average Bonchev–Trinajstić information content (AvgIpc) is 3.12. The Balaban J connectivity index is 2.02. The molecule has 1 aliphatic rings. The summed E-state index contributed by atoms with van der Waals surface area (Å²) in [6.07, 6.45) is 9.41. The summed E-state index contributed by atoms with van der Waals surface area (Å²) in [4.78, 5) is 2.58. The zero-order chi connectivity index (χ0) is 13.7. The van der Waals surface area contributed by atoms with Crippen LogP contribution in [0.1, 0.15) is 58.1 Å². The molecule has 0 aromatic carbocycles. The molecule has 1 aromatic heterocycles. The van der Waals surface area contributed by atoms with Crippen LogP contribution in [0.4, 0.5) is 0 Å². The minimum absolute atomic E-state index is 0.114. The van der Waals surface area contributed by atoms with Crippen LogP contribution in [-0.4, -0.2) is 23.0 Å². The van der Waals surface area contributed by atoms with Crippen molar-refractivity contribution < 1.29 is 4.42 Å². The van der Waals surface area contributed by atoms with Gasteiger partial charge in [0.15, 0.2) is 0 Å². The first-order valence-corrected chi connectivity index (χ1v) is 7.69. The highest BCUT2D eigenvalue weighted by atomic mass is 16.3. The lowest BCUT2D eigenvalue weighted by Gasteiger charge is -2.41. The van der Waals surface area contributed by atoms with Crippen LogP contribution < -0.4 is 5.73 Å². The van der Waals surface area contributed by atoms with Gasteiger partial charge in [0.2, 0.25) is 0 Å². The van der Waals surface area contributed by atoms with E-state index < -0.39 is 0 Å². The zero-order valence-electron chi connectivity index (χ0n) is 12.4. The molecule has 2 rings (SSSR count). The zero-order valence-corrected chi connectivity index (χ0v) is 12.4. The number of hydrogen-bond acceptors (Lipinski definition) is 3. The van der Waals surface area contributed by atoms with Crippen LogP contribution in [0.2, 0.25) is 0 Å². The van der Waals surface area contributed by atoms with Gasteiger partial charge >= 0.3 is 0 Å². The Labute approximate surface area is 117 Å². The molecule has 3 nitrogen and oxygen atoms in total. The van der Waals surface area contributed by atoms with Crippen molar-refractivity contribution in [3.05, 3.63) is 24.2 Å². The molecule has 1 unspecified atom stereocenters. The standard InChI is InChI=1S/C16H28N2O/c1-3-4-5-10-16(2,13-17)18(14-8-9-14)12-15-7-6-11-19-15/h6-7,11,14H,3-5,8-10,12-13,17H2,1-2H3. The minimum Gasteiger partial charge on any atom is -0.468 e. The van der Waals surface area contributed by atoms with Crippen LogP contribution >= 0.6 is 0 Å². The SMILES string of the molecule is CCCCCC(C)(CN)N(Cc1ccco1)C1CC1. The summed E-state index contributed by atoms with van der Waals surface area (Å²) >= 11 is 0. The summed E-state index contributed by atoms with van der Waals surface area (Å²) in [5.74, 6) is 1.06. The lowest BCUT2D eigenvalue weighted by molar-refractivity contribution is 0.0735. The molecule has 108 valence electrons. The third-order valence-electron chi connectivity index (χ3n) is 4.35. The maximum absolute atomic E-state index is 6.11. The van der Waals surface area contributed by atoms with Crippen molar-refractivity contribution in [3.63, 3.8) is 0 Å². The number of unbranched alkanes of at least 4 members (excludes halogenated alkanes) is 2. The molecular formula is C16H28N2O. The summed E-state index contributed by atoms with van der Waals surface area (Å²) in [5, 5.41) is 0. The second-order valence-corrected chi connectivity index (χ2v) is 6.10. The molecule has 1 atom stereocenters. The second-order valence-electron chi connectivity index (χ2n) is 6.10. The molecule has 1 aromatic rings. The Bertz CT molecular complexity index is 359. The van der Waals surface area contributed by atoms with Gasteiger partial charge in [-0.25, -0.2) is 0 Å².